The van der Waals surface area contributed by atoms with Crippen molar-refractivity contribution >= 4 is 11.9 Å². The quantitative estimate of drug-likeness (QED) is 0.779. The minimum Gasteiger partial charge on any atom is -0.390 e. The maximum atomic E-state index is 12.6. The highest BCUT2D eigenvalue weighted by molar-refractivity contribution is 5.79. The lowest BCUT2D eigenvalue weighted by Gasteiger charge is -2.37. The predicted octanol–water partition coefficient (Wildman–Crippen LogP) is 1.20. The van der Waals surface area contributed by atoms with Gasteiger partial charge in [0.2, 0.25) is 5.91 Å². The van der Waals surface area contributed by atoms with Gasteiger partial charge in [0.05, 0.1) is 6.10 Å². The molecule has 3 heterocycles. The Morgan fingerprint density at radius 1 is 1.14 bits per heavy atom. The number of urea groups is 1. The van der Waals surface area contributed by atoms with E-state index in [-0.39, 0.29) is 24.5 Å². The first kappa shape index (κ1) is 20.2. The molecule has 0 bridgehead atoms. The van der Waals surface area contributed by atoms with Crippen molar-refractivity contribution < 1.29 is 14.7 Å². The molecule has 2 fully saturated rings. The van der Waals surface area contributed by atoms with Gasteiger partial charge in [-0.05, 0) is 36.8 Å². The van der Waals surface area contributed by atoms with Crippen LogP contribution in [-0.2, 0) is 17.8 Å². The third-order valence-electron chi connectivity index (χ3n) is 6.40. The van der Waals surface area contributed by atoms with Gasteiger partial charge >= 0.3 is 6.03 Å². The van der Waals surface area contributed by atoms with Crippen molar-refractivity contribution in [3.8, 4) is 0 Å². The van der Waals surface area contributed by atoms with Crippen LogP contribution in [0.1, 0.15) is 36.8 Å². The minimum atomic E-state index is -0.593. The number of carbonyl (C=O) groups excluding carboxylic acids is 2. The van der Waals surface area contributed by atoms with Crippen LogP contribution in [0.25, 0.3) is 0 Å². The molecule has 3 aliphatic heterocycles. The Balaban J connectivity index is 1.21. The van der Waals surface area contributed by atoms with Gasteiger partial charge in [0, 0.05) is 58.3 Å². The van der Waals surface area contributed by atoms with Crippen molar-refractivity contribution in [3.05, 3.63) is 35.4 Å². The summed E-state index contributed by atoms with van der Waals surface area (Å²) in [6.45, 7) is 4.70. The molecule has 7 heteroatoms. The molecular weight excluding hydrogens is 368 g/mol. The molecule has 4 rings (SSSR count). The van der Waals surface area contributed by atoms with Crippen molar-refractivity contribution in [1.29, 1.82) is 0 Å². The van der Waals surface area contributed by atoms with Crippen LogP contribution < -0.4 is 5.32 Å². The van der Waals surface area contributed by atoms with Crippen LogP contribution in [-0.4, -0.2) is 83.2 Å². The molecule has 0 aromatic heterocycles. The second kappa shape index (κ2) is 9.13. The van der Waals surface area contributed by atoms with Gasteiger partial charge in [0.15, 0.2) is 0 Å². The lowest BCUT2D eigenvalue weighted by atomic mass is 10.00. The number of nitrogens with one attached hydrogen (secondary N) is 1. The normalized spacial score (nSPS) is 23.8. The van der Waals surface area contributed by atoms with Crippen LogP contribution in [0.15, 0.2) is 24.3 Å². The summed E-state index contributed by atoms with van der Waals surface area (Å²) in [4.78, 5) is 30.6. The SMILES string of the molecule is O=C(NC[C@H](O)CN1CCc2ccccc2C1)N1CCC[C@@H](N2CCCC2=O)C1. The number of nitrogens with zero attached hydrogens (tertiary/aromatic N) is 3. The fourth-order valence-corrected chi connectivity index (χ4v) is 4.84. The number of piperidine rings is 1. The summed E-state index contributed by atoms with van der Waals surface area (Å²) in [5.74, 6) is 0.218. The number of fused-ring (bicyclic) bond motifs is 1. The summed E-state index contributed by atoms with van der Waals surface area (Å²) in [6, 6.07) is 8.45. The van der Waals surface area contributed by atoms with Crippen LogP contribution >= 0.6 is 0 Å². The first-order chi connectivity index (χ1) is 14.1. The molecule has 0 aliphatic carbocycles. The summed E-state index contributed by atoms with van der Waals surface area (Å²) < 4.78 is 0. The van der Waals surface area contributed by atoms with Crippen molar-refractivity contribution in [2.24, 2.45) is 0 Å². The largest absolute Gasteiger partial charge is 0.390 e. The maximum Gasteiger partial charge on any atom is 0.317 e. The van der Waals surface area contributed by atoms with Crippen LogP contribution in [0.5, 0.6) is 0 Å². The molecule has 3 aliphatic rings. The van der Waals surface area contributed by atoms with Gasteiger partial charge in [-0.3, -0.25) is 9.69 Å². The Hall–Kier alpha value is -2.12. The Labute approximate surface area is 172 Å². The van der Waals surface area contributed by atoms with E-state index in [2.05, 4.69) is 34.5 Å². The third kappa shape index (κ3) is 4.90. The average Bonchev–Trinajstić information content (AvgIpc) is 3.18. The first-order valence-corrected chi connectivity index (χ1v) is 10.9. The van der Waals surface area contributed by atoms with E-state index in [9.17, 15) is 14.7 Å². The van der Waals surface area contributed by atoms with Gasteiger partial charge in [-0.2, -0.15) is 0 Å². The van der Waals surface area contributed by atoms with E-state index in [0.29, 0.717) is 26.1 Å². The van der Waals surface area contributed by atoms with Gasteiger partial charge in [-0.25, -0.2) is 4.79 Å². The van der Waals surface area contributed by atoms with E-state index in [1.807, 2.05) is 4.90 Å². The van der Waals surface area contributed by atoms with Gasteiger partial charge in [-0.1, -0.05) is 24.3 Å². The first-order valence-electron chi connectivity index (χ1n) is 10.9. The van der Waals surface area contributed by atoms with E-state index in [4.69, 9.17) is 0 Å². The number of carbonyl (C=O) groups is 2. The Morgan fingerprint density at radius 3 is 2.76 bits per heavy atom. The van der Waals surface area contributed by atoms with Crippen LogP contribution in [0, 0.1) is 0 Å². The van der Waals surface area contributed by atoms with Crippen molar-refractivity contribution in [1.82, 2.24) is 20.0 Å². The molecule has 0 unspecified atom stereocenters. The molecule has 2 atom stereocenters. The van der Waals surface area contributed by atoms with Gasteiger partial charge in [0.1, 0.15) is 0 Å². The highest BCUT2D eigenvalue weighted by Crippen LogP contribution is 2.21. The molecular formula is C22H32N4O3. The van der Waals surface area contributed by atoms with E-state index in [0.717, 1.165) is 45.3 Å². The van der Waals surface area contributed by atoms with Gasteiger partial charge in [-0.15, -0.1) is 0 Å². The summed E-state index contributed by atoms with van der Waals surface area (Å²) >= 11 is 0. The number of rotatable bonds is 5. The van der Waals surface area contributed by atoms with Gasteiger partial charge < -0.3 is 20.2 Å². The van der Waals surface area contributed by atoms with Crippen LogP contribution in [0.2, 0.25) is 0 Å². The zero-order valence-corrected chi connectivity index (χ0v) is 17.1. The number of aliphatic hydroxyl groups is 1. The zero-order valence-electron chi connectivity index (χ0n) is 17.1. The number of hydrogen-bond acceptors (Lipinski definition) is 4. The summed E-state index contributed by atoms with van der Waals surface area (Å²) in [7, 11) is 0. The fourth-order valence-electron chi connectivity index (χ4n) is 4.84. The third-order valence-corrected chi connectivity index (χ3v) is 6.40. The van der Waals surface area contributed by atoms with Crippen LogP contribution in [0.4, 0.5) is 4.79 Å². The molecule has 2 saturated heterocycles. The standard InChI is InChI=1S/C22H32N4O3/c27-20(16-24-12-9-17-5-1-2-6-18(17)14-24)13-23-22(29)25-10-3-7-19(15-25)26-11-4-8-21(26)28/h1-2,5-6,19-20,27H,3-4,7-16H2,(H,23,29)/t19-,20+/m1/s1. The van der Waals surface area contributed by atoms with E-state index in [1.54, 1.807) is 4.90 Å². The molecule has 0 radical (unpaired) electrons. The number of hydrogen-bond donors (Lipinski definition) is 2. The predicted molar refractivity (Wildman–Crippen MR) is 110 cm³/mol. The molecule has 1 aromatic carbocycles. The average molecular weight is 401 g/mol. The topological polar surface area (TPSA) is 76.1 Å². The second-order valence-corrected chi connectivity index (χ2v) is 8.53. The molecule has 3 amide bonds. The lowest BCUT2D eigenvalue weighted by Crippen LogP contribution is -2.53. The Kier molecular flexibility index (Phi) is 6.35. The molecule has 0 spiro atoms. The Morgan fingerprint density at radius 2 is 1.97 bits per heavy atom. The van der Waals surface area contributed by atoms with Crippen molar-refractivity contribution in [3.63, 3.8) is 0 Å². The van der Waals surface area contributed by atoms with E-state index in [1.165, 1.54) is 11.1 Å². The maximum absolute atomic E-state index is 12.6. The minimum absolute atomic E-state index is 0.135. The summed E-state index contributed by atoms with van der Waals surface area (Å²) in [5.41, 5.74) is 2.72. The highest BCUT2D eigenvalue weighted by atomic mass is 16.3. The second-order valence-electron chi connectivity index (χ2n) is 8.53. The molecule has 7 nitrogen and oxygen atoms in total. The highest BCUT2D eigenvalue weighted by Gasteiger charge is 2.32. The molecule has 1 aromatic rings. The number of amides is 3. The molecule has 2 N–H and O–H groups in total. The molecule has 158 valence electrons. The lowest BCUT2D eigenvalue weighted by molar-refractivity contribution is -0.130. The molecule has 0 saturated carbocycles. The van der Waals surface area contributed by atoms with Crippen molar-refractivity contribution in [2.45, 2.75) is 50.8 Å². The number of β-amino-alcohol motifs (C(OH)–C–C–N with tert-alkyl or cyclic N) is 1. The Bertz CT molecular complexity index is 741. The zero-order chi connectivity index (χ0) is 20.2. The number of aliphatic hydroxyl groups excluding tert-OH is 1. The summed E-state index contributed by atoms with van der Waals surface area (Å²) in [5, 5.41) is 13.3. The summed E-state index contributed by atoms with van der Waals surface area (Å²) in [6.07, 6.45) is 3.85. The smallest absolute Gasteiger partial charge is 0.317 e. The van der Waals surface area contributed by atoms with E-state index >= 15 is 0 Å². The van der Waals surface area contributed by atoms with Crippen LogP contribution in [0.3, 0.4) is 0 Å². The molecule has 29 heavy (non-hydrogen) atoms. The van der Waals surface area contributed by atoms with Gasteiger partial charge in [0.25, 0.3) is 0 Å². The van der Waals surface area contributed by atoms with E-state index < -0.39 is 6.10 Å². The van der Waals surface area contributed by atoms with Crippen molar-refractivity contribution in [2.75, 3.05) is 39.3 Å². The fraction of sp³-hybridized carbons (Fsp3) is 0.636. The number of likely N-dealkylation sites (tertiary alicyclic amines) is 2. The monoisotopic (exact) mass is 400 g/mol. The number of benzene rings is 1.